The van der Waals surface area contributed by atoms with Crippen LogP contribution in [0.15, 0.2) is 24.3 Å². The minimum absolute atomic E-state index is 0.115. The highest BCUT2D eigenvalue weighted by molar-refractivity contribution is 5.24. The number of hydrogen-bond acceptors (Lipinski definition) is 2. The van der Waals surface area contributed by atoms with Crippen molar-refractivity contribution in [2.75, 3.05) is 13.1 Å². The summed E-state index contributed by atoms with van der Waals surface area (Å²) in [6, 6.07) is 9.28. The molecule has 0 saturated heterocycles. The predicted molar refractivity (Wildman–Crippen MR) is 84.3 cm³/mol. The smallest absolute Gasteiger partial charge is 0.0424 e. The summed E-state index contributed by atoms with van der Waals surface area (Å²) in [5.41, 5.74) is 8.88. The first-order valence-electron chi connectivity index (χ1n) is 7.60. The minimum atomic E-state index is 0.115. The van der Waals surface area contributed by atoms with Crippen molar-refractivity contribution in [3.63, 3.8) is 0 Å². The number of aryl methyl sites for hydroxylation is 1. The van der Waals surface area contributed by atoms with Crippen LogP contribution >= 0.6 is 0 Å². The topological polar surface area (TPSA) is 29.3 Å². The first kappa shape index (κ1) is 16.2. The van der Waals surface area contributed by atoms with Crippen molar-refractivity contribution in [1.29, 1.82) is 0 Å². The maximum Gasteiger partial charge on any atom is 0.0424 e. The van der Waals surface area contributed by atoms with Crippen LogP contribution in [0.2, 0.25) is 0 Å². The average Bonchev–Trinajstić information content (AvgIpc) is 2.38. The Labute approximate surface area is 119 Å². The van der Waals surface area contributed by atoms with E-state index in [1.165, 1.54) is 30.4 Å². The zero-order valence-electron chi connectivity index (χ0n) is 13.0. The van der Waals surface area contributed by atoms with Gasteiger partial charge in [-0.3, -0.25) is 4.90 Å². The number of nitrogens with zero attached hydrogens (tertiary/aromatic N) is 1. The van der Waals surface area contributed by atoms with Crippen molar-refractivity contribution in [1.82, 2.24) is 4.90 Å². The summed E-state index contributed by atoms with van der Waals surface area (Å²) in [4.78, 5) is 2.50. The summed E-state index contributed by atoms with van der Waals surface area (Å²) >= 11 is 0. The zero-order chi connectivity index (χ0) is 14.3. The molecule has 0 spiro atoms. The van der Waals surface area contributed by atoms with Crippen molar-refractivity contribution in [3.05, 3.63) is 35.4 Å². The molecule has 108 valence electrons. The molecule has 1 rings (SSSR count). The summed E-state index contributed by atoms with van der Waals surface area (Å²) < 4.78 is 0. The molecule has 0 fully saturated rings. The summed E-state index contributed by atoms with van der Waals surface area (Å²) in [6.45, 7) is 11.0. The van der Waals surface area contributed by atoms with E-state index in [0.29, 0.717) is 6.04 Å². The minimum Gasteiger partial charge on any atom is -0.323 e. The van der Waals surface area contributed by atoms with Gasteiger partial charge >= 0.3 is 0 Å². The van der Waals surface area contributed by atoms with Gasteiger partial charge in [-0.2, -0.15) is 0 Å². The molecule has 0 amide bonds. The van der Waals surface area contributed by atoms with Crippen molar-refractivity contribution < 1.29 is 0 Å². The lowest BCUT2D eigenvalue weighted by Gasteiger charge is -2.29. The molecule has 0 bridgehead atoms. The molecule has 1 aromatic carbocycles. The molecule has 0 aliphatic heterocycles. The molecular formula is C17H30N2. The third kappa shape index (κ3) is 5.75. The first-order valence-corrected chi connectivity index (χ1v) is 7.60. The Morgan fingerprint density at radius 3 is 2.26 bits per heavy atom. The van der Waals surface area contributed by atoms with Crippen LogP contribution in [0.5, 0.6) is 0 Å². The summed E-state index contributed by atoms with van der Waals surface area (Å²) in [5.74, 6) is 0. The molecular weight excluding hydrogens is 232 g/mol. The van der Waals surface area contributed by atoms with Crippen LogP contribution in [0.4, 0.5) is 0 Å². The molecule has 19 heavy (non-hydrogen) atoms. The molecule has 2 N–H and O–H groups in total. The first-order chi connectivity index (χ1) is 9.04. The zero-order valence-corrected chi connectivity index (χ0v) is 13.0. The van der Waals surface area contributed by atoms with E-state index in [4.69, 9.17) is 5.73 Å². The van der Waals surface area contributed by atoms with Gasteiger partial charge in [0.25, 0.3) is 0 Å². The molecule has 1 aromatic rings. The van der Waals surface area contributed by atoms with Crippen LogP contribution in [0.3, 0.4) is 0 Å². The van der Waals surface area contributed by atoms with Gasteiger partial charge in [-0.05, 0) is 39.3 Å². The fraction of sp³-hybridized carbons (Fsp3) is 0.647. The Hall–Kier alpha value is -0.860. The van der Waals surface area contributed by atoms with E-state index >= 15 is 0 Å². The Morgan fingerprint density at radius 2 is 1.74 bits per heavy atom. The fourth-order valence-electron chi connectivity index (χ4n) is 2.30. The highest BCUT2D eigenvalue weighted by atomic mass is 15.2. The second kappa shape index (κ2) is 8.34. The van der Waals surface area contributed by atoms with Gasteiger partial charge in [-0.25, -0.2) is 0 Å². The summed E-state index contributed by atoms with van der Waals surface area (Å²) in [5, 5.41) is 0. The van der Waals surface area contributed by atoms with Crippen LogP contribution in [0.25, 0.3) is 0 Å². The van der Waals surface area contributed by atoms with E-state index < -0.39 is 0 Å². The maximum atomic E-state index is 6.35. The molecule has 0 heterocycles. The van der Waals surface area contributed by atoms with Crippen LogP contribution in [-0.4, -0.2) is 24.0 Å². The molecule has 0 aliphatic rings. The quantitative estimate of drug-likeness (QED) is 0.720. The van der Waals surface area contributed by atoms with Crippen molar-refractivity contribution >= 4 is 0 Å². The molecule has 0 radical (unpaired) electrons. The van der Waals surface area contributed by atoms with Crippen LogP contribution in [0.1, 0.15) is 57.2 Å². The molecule has 2 heteroatoms. The third-order valence-electron chi connectivity index (χ3n) is 3.72. The maximum absolute atomic E-state index is 6.35. The van der Waals surface area contributed by atoms with Crippen molar-refractivity contribution in [2.45, 2.75) is 59.0 Å². The molecule has 0 aliphatic carbocycles. The van der Waals surface area contributed by atoms with E-state index in [2.05, 4.69) is 56.9 Å². The van der Waals surface area contributed by atoms with Crippen LogP contribution < -0.4 is 5.73 Å². The lowest BCUT2D eigenvalue weighted by Crippen LogP contribution is -2.37. The second-order valence-electron chi connectivity index (χ2n) is 5.81. The molecule has 2 nitrogen and oxygen atoms in total. The van der Waals surface area contributed by atoms with E-state index in [1.54, 1.807) is 0 Å². The SMILES string of the molecule is CCCCCN(CC(N)c1ccc(C)cc1)C(C)C. The molecule has 0 aromatic heterocycles. The number of hydrogen-bond donors (Lipinski definition) is 1. The summed E-state index contributed by atoms with van der Waals surface area (Å²) in [7, 11) is 0. The van der Waals surface area contributed by atoms with Gasteiger partial charge in [0, 0.05) is 18.6 Å². The van der Waals surface area contributed by atoms with E-state index in [1.807, 2.05) is 0 Å². The van der Waals surface area contributed by atoms with Crippen LogP contribution in [-0.2, 0) is 0 Å². The average molecular weight is 262 g/mol. The van der Waals surface area contributed by atoms with Gasteiger partial charge in [0.1, 0.15) is 0 Å². The monoisotopic (exact) mass is 262 g/mol. The van der Waals surface area contributed by atoms with Gasteiger partial charge in [0.05, 0.1) is 0 Å². The lowest BCUT2D eigenvalue weighted by atomic mass is 10.0. The summed E-state index contributed by atoms with van der Waals surface area (Å²) in [6.07, 6.45) is 3.86. The van der Waals surface area contributed by atoms with Crippen molar-refractivity contribution in [3.8, 4) is 0 Å². The Bertz CT molecular complexity index is 343. The van der Waals surface area contributed by atoms with Gasteiger partial charge in [0.15, 0.2) is 0 Å². The van der Waals surface area contributed by atoms with Gasteiger partial charge in [0.2, 0.25) is 0 Å². The Morgan fingerprint density at radius 1 is 1.11 bits per heavy atom. The van der Waals surface area contributed by atoms with E-state index in [9.17, 15) is 0 Å². The Balaban J connectivity index is 2.55. The second-order valence-corrected chi connectivity index (χ2v) is 5.81. The largest absolute Gasteiger partial charge is 0.323 e. The van der Waals surface area contributed by atoms with Gasteiger partial charge in [-0.15, -0.1) is 0 Å². The van der Waals surface area contributed by atoms with Gasteiger partial charge < -0.3 is 5.73 Å². The number of unbranched alkanes of at least 4 members (excludes halogenated alkanes) is 2. The number of rotatable bonds is 8. The molecule has 0 saturated carbocycles. The standard InChI is InChI=1S/C17H30N2/c1-5-6-7-12-19(14(2)3)13-17(18)16-10-8-15(4)9-11-16/h8-11,14,17H,5-7,12-13,18H2,1-4H3. The third-order valence-corrected chi connectivity index (χ3v) is 3.72. The number of benzene rings is 1. The number of nitrogens with two attached hydrogens (primary N) is 1. The van der Waals surface area contributed by atoms with Crippen molar-refractivity contribution in [2.24, 2.45) is 5.73 Å². The normalized spacial score (nSPS) is 13.2. The van der Waals surface area contributed by atoms with Crippen LogP contribution in [0, 0.1) is 6.92 Å². The lowest BCUT2D eigenvalue weighted by molar-refractivity contribution is 0.204. The fourth-order valence-corrected chi connectivity index (χ4v) is 2.30. The van der Waals surface area contributed by atoms with E-state index in [-0.39, 0.29) is 6.04 Å². The molecule has 1 atom stereocenters. The van der Waals surface area contributed by atoms with Gasteiger partial charge in [-0.1, -0.05) is 49.6 Å². The molecule has 1 unspecified atom stereocenters. The van der Waals surface area contributed by atoms with E-state index in [0.717, 1.165) is 13.1 Å². The predicted octanol–water partition coefficient (Wildman–Crippen LogP) is 3.90. The Kier molecular flexibility index (Phi) is 7.11. The highest BCUT2D eigenvalue weighted by Gasteiger charge is 2.14. The highest BCUT2D eigenvalue weighted by Crippen LogP contribution is 2.15.